The van der Waals surface area contributed by atoms with E-state index in [4.69, 9.17) is 12.2 Å². The lowest BCUT2D eigenvalue weighted by Gasteiger charge is -2.13. The Labute approximate surface area is 125 Å². The van der Waals surface area contributed by atoms with Gasteiger partial charge in [0.25, 0.3) is 0 Å². The first-order chi connectivity index (χ1) is 9.08. The summed E-state index contributed by atoms with van der Waals surface area (Å²) in [6.45, 7) is 1.71. The third-order valence-corrected chi connectivity index (χ3v) is 3.53. The standard InChI is InChI=1S/C14H12BrFN2S/c1-9-11(16)6-4-8-12(9)17-14(19)18-13-7-3-2-5-10(13)15/h2-8H,1H3,(H2,17,18,19). The normalized spacial score (nSPS) is 10.1. The van der Waals surface area contributed by atoms with E-state index in [0.29, 0.717) is 16.4 Å². The van der Waals surface area contributed by atoms with Crippen molar-refractivity contribution in [2.75, 3.05) is 10.6 Å². The molecule has 0 heterocycles. The molecule has 0 radical (unpaired) electrons. The molecular formula is C14H12BrFN2S. The molecule has 2 nitrogen and oxygen atoms in total. The van der Waals surface area contributed by atoms with Crippen LogP contribution in [0.4, 0.5) is 15.8 Å². The molecule has 0 bridgehead atoms. The summed E-state index contributed by atoms with van der Waals surface area (Å²) < 4.78 is 14.3. The summed E-state index contributed by atoms with van der Waals surface area (Å²) in [6.07, 6.45) is 0. The fourth-order valence-corrected chi connectivity index (χ4v) is 2.19. The van der Waals surface area contributed by atoms with Gasteiger partial charge in [0, 0.05) is 15.7 Å². The smallest absolute Gasteiger partial charge is 0.175 e. The van der Waals surface area contributed by atoms with Crippen molar-refractivity contribution < 1.29 is 4.39 Å². The van der Waals surface area contributed by atoms with Crippen molar-refractivity contribution in [1.29, 1.82) is 0 Å². The first-order valence-corrected chi connectivity index (χ1v) is 6.85. The first kappa shape index (κ1) is 14.0. The maximum absolute atomic E-state index is 13.4. The Hall–Kier alpha value is -1.46. The van der Waals surface area contributed by atoms with Crippen LogP contribution in [0.1, 0.15) is 5.56 Å². The summed E-state index contributed by atoms with van der Waals surface area (Å²) in [5, 5.41) is 6.46. The largest absolute Gasteiger partial charge is 0.332 e. The highest BCUT2D eigenvalue weighted by atomic mass is 79.9. The number of benzene rings is 2. The minimum atomic E-state index is -0.256. The average Bonchev–Trinajstić information content (AvgIpc) is 2.38. The Morgan fingerprint density at radius 1 is 1.05 bits per heavy atom. The van der Waals surface area contributed by atoms with Gasteiger partial charge in [0.1, 0.15) is 5.82 Å². The minimum Gasteiger partial charge on any atom is -0.332 e. The molecule has 0 aliphatic rings. The van der Waals surface area contributed by atoms with Crippen LogP contribution in [0.15, 0.2) is 46.9 Å². The predicted octanol–water partition coefficient (Wildman–Crippen LogP) is 4.71. The van der Waals surface area contributed by atoms with Crippen molar-refractivity contribution in [2.24, 2.45) is 0 Å². The van der Waals surface area contributed by atoms with E-state index in [9.17, 15) is 4.39 Å². The third-order valence-electron chi connectivity index (χ3n) is 2.64. The monoisotopic (exact) mass is 338 g/mol. The molecule has 0 aliphatic heterocycles. The van der Waals surface area contributed by atoms with Crippen LogP contribution in [0.2, 0.25) is 0 Å². The van der Waals surface area contributed by atoms with Gasteiger partial charge in [-0.05, 0) is 59.3 Å². The van der Waals surface area contributed by atoms with Crippen LogP contribution in [0.3, 0.4) is 0 Å². The second kappa shape index (κ2) is 6.12. The van der Waals surface area contributed by atoms with E-state index in [2.05, 4.69) is 26.6 Å². The number of rotatable bonds is 2. The molecule has 2 aromatic rings. The molecule has 0 saturated heterocycles. The lowest BCUT2D eigenvalue weighted by atomic mass is 10.2. The molecule has 0 fully saturated rings. The number of hydrogen-bond donors (Lipinski definition) is 2. The molecule has 0 amide bonds. The van der Waals surface area contributed by atoms with Crippen LogP contribution in [0.5, 0.6) is 0 Å². The van der Waals surface area contributed by atoms with E-state index < -0.39 is 0 Å². The highest BCUT2D eigenvalue weighted by molar-refractivity contribution is 9.10. The van der Waals surface area contributed by atoms with Crippen LogP contribution < -0.4 is 10.6 Å². The van der Waals surface area contributed by atoms with Gasteiger partial charge in [-0.1, -0.05) is 18.2 Å². The first-order valence-electron chi connectivity index (χ1n) is 5.65. The van der Waals surface area contributed by atoms with E-state index in [1.54, 1.807) is 19.1 Å². The van der Waals surface area contributed by atoms with Gasteiger partial charge in [0.15, 0.2) is 5.11 Å². The average molecular weight is 339 g/mol. The Balaban J connectivity index is 2.10. The number of halogens is 2. The quantitative estimate of drug-likeness (QED) is 0.775. The second-order valence-electron chi connectivity index (χ2n) is 3.97. The van der Waals surface area contributed by atoms with Gasteiger partial charge in [0.05, 0.1) is 5.69 Å². The SMILES string of the molecule is Cc1c(F)cccc1NC(=S)Nc1ccccc1Br. The van der Waals surface area contributed by atoms with Crippen molar-refractivity contribution in [3.8, 4) is 0 Å². The lowest BCUT2D eigenvalue weighted by Crippen LogP contribution is -2.20. The molecule has 0 saturated carbocycles. The predicted molar refractivity (Wildman–Crippen MR) is 85.1 cm³/mol. The Kier molecular flexibility index (Phi) is 4.50. The van der Waals surface area contributed by atoms with Gasteiger partial charge in [-0.15, -0.1) is 0 Å². The van der Waals surface area contributed by atoms with Gasteiger partial charge in [-0.3, -0.25) is 0 Å². The minimum absolute atomic E-state index is 0.256. The molecule has 0 aromatic heterocycles. The topological polar surface area (TPSA) is 24.1 Å². The third kappa shape index (κ3) is 3.52. The van der Waals surface area contributed by atoms with Gasteiger partial charge in [-0.25, -0.2) is 4.39 Å². The number of thiocarbonyl (C=S) groups is 1. The van der Waals surface area contributed by atoms with Crippen molar-refractivity contribution in [2.45, 2.75) is 6.92 Å². The molecule has 19 heavy (non-hydrogen) atoms. The van der Waals surface area contributed by atoms with Crippen LogP contribution >= 0.6 is 28.1 Å². The molecule has 0 unspecified atom stereocenters. The summed E-state index contributed by atoms with van der Waals surface area (Å²) in [5.74, 6) is -0.256. The van der Waals surface area contributed by atoms with Crippen LogP contribution in [-0.2, 0) is 0 Å². The van der Waals surface area contributed by atoms with Crippen LogP contribution in [0, 0.1) is 12.7 Å². The maximum Gasteiger partial charge on any atom is 0.175 e. The van der Waals surface area contributed by atoms with Crippen LogP contribution in [0.25, 0.3) is 0 Å². The summed E-state index contributed by atoms with van der Waals surface area (Å²) in [5.41, 5.74) is 2.05. The lowest BCUT2D eigenvalue weighted by molar-refractivity contribution is 0.619. The van der Waals surface area contributed by atoms with E-state index in [-0.39, 0.29) is 5.82 Å². The molecule has 5 heteroatoms. The van der Waals surface area contributed by atoms with Crippen molar-refractivity contribution >= 4 is 44.6 Å². The van der Waals surface area contributed by atoms with E-state index in [0.717, 1.165) is 10.2 Å². The van der Waals surface area contributed by atoms with E-state index in [1.807, 2.05) is 24.3 Å². The number of nitrogens with one attached hydrogen (secondary N) is 2. The highest BCUT2D eigenvalue weighted by Gasteiger charge is 2.06. The molecule has 0 spiro atoms. The van der Waals surface area contributed by atoms with E-state index >= 15 is 0 Å². The molecule has 2 rings (SSSR count). The molecule has 0 aliphatic carbocycles. The number of para-hydroxylation sites is 1. The van der Waals surface area contributed by atoms with Gasteiger partial charge in [-0.2, -0.15) is 0 Å². The molecule has 2 aromatic carbocycles. The zero-order valence-electron chi connectivity index (χ0n) is 10.2. The summed E-state index contributed by atoms with van der Waals surface area (Å²) in [6, 6.07) is 12.5. The zero-order valence-corrected chi connectivity index (χ0v) is 12.6. The summed E-state index contributed by atoms with van der Waals surface area (Å²) in [7, 11) is 0. The molecule has 2 N–H and O–H groups in total. The van der Waals surface area contributed by atoms with Crippen molar-refractivity contribution in [3.05, 3.63) is 58.3 Å². The van der Waals surface area contributed by atoms with Crippen LogP contribution in [-0.4, -0.2) is 5.11 Å². The molecular weight excluding hydrogens is 327 g/mol. The summed E-state index contributed by atoms with van der Waals surface area (Å²) in [4.78, 5) is 0. The second-order valence-corrected chi connectivity index (χ2v) is 5.23. The van der Waals surface area contributed by atoms with Gasteiger partial charge in [0.2, 0.25) is 0 Å². The summed E-state index contributed by atoms with van der Waals surface area (Å²) >= 11 is 8.64. The Bertz CT molecular complexity index is 616. The zero-order chi connectivity index (χ0) is 13.8. The number of anilines is 2. The van der Waals surface area contributed by atoms with Crippen molar-refractivity contribution in [3.63, 3.8) is 0 Å². The van der Waals surface area contributed by atoms with Crippen molar-refractivity contribution in [1.82, 2.24) is 0 Å². The Morgan fingerprint density at radius 3 is 2.42 bits per heavy atom. The van der Waals surface area contributed by atoms with Gasteiger partial charge < -0.3 is 10.6 Å². The fourth-order valence-electron chi connectivity index (χ4n) is 1.58. The highest BCUT2D eigenvalue weighted by Crippen LogP contribution is 2.22. The molecule has 98 valence electrons. The maximum atomic E-state index is 13.4. The fraction of sp³-hybridized carbons (Fsp3) is 0.0714. The van der Waals surface area contributed by atoms with Gasteiger partial charge >= 0.3 is 0 Å². The Morgan fingerprint density at radius 2 is 1.68 bits per heavy atom. The number of hydrogen-bond acceptors (Lipinski definition) is 1. The van der Waals surface area contributed by atoms with E-state index in [1.165, 1.54) is 6.07 Å². The molecule has 0 atom stereocenters.